The van der Waals surface area contributed by atoms with E-state index < -0.39 is 12.0 Å². The summed E-state index contributed by atoms with van der Waals surface area (Å²) in [6.07, 6.45) is -1.36. The number of amides is 2. The second-order valence-corrected chi connectivity index (χ2v) is 5.46. The van der Waals surface area contributed by atoms with Gasteiger partial charge in [0.2, 0.25) is 5.91 Å². The molecule has 0 saturated carbocycles. The van der Waals surface area contributed by atoms with Crippen molar-refractivity contribution in [1.82, 2.24) is 5.32 Å². The van der Waals surface area contributed by atoms with Gasteiger partial charge in [0.25, 0.3) is 5.91 Å². The monoisotopic (exact) mass is 264 g/mol. The standard InChI is InChI=1S/C14H20N2O3/c1-14(2,3)10-6-4-9(5-7-10)13(19)16-8-11(17)12(15)18/h4-7,11,17H,8H2,1-3H3,(H2,15,18)(H,16,19). The summed E-state index contributed by atoms with van der Waals surface area (Å²) in [5, 5.41) is 11.6. The maximum Gasteiger partial charge on any atom is 0.251 e. The summed E-state index contributed by atoms with van der Waals surface area (Å²) in [5.41, 5.74) is 6.52. The molecule has 0 saturated heterocycles. The number of hydrogen-bond acceptors (Lipinski definition) is 3. The maximum atomic E-state index is 11.8. The summed E-state index contributed by atoms with van der Waals surface area (Å²) in [5.74, 6) is -1.20. The van der Waals surface area contributed by atoms with Crippen LogP contribution in [0, 0.1) is 0 Å². The van der Waals surface area contributed by atoms with Crippen molar-refractivity contribution >= 4 is 11.8 Å². The number of nitrogens with one attached hydrogen (secondary N) is 1. The maximum absolute atomic E-state index is 11.8. The van der Waals surface area contributed by atoms with Gasteiger partial charge >= 0.3 is 0 Å². The topological polar surface area (TPSA) is 92.4 Å². The zero-order valence-electron chi connectivity index (χ0n) is 11.4. The van der Waals surface area contributed by atoms with E-state index in [-0.39, 0.29) is 17.9 Å². The Labute approximate surface area is 112 Å². The zero-order chi connectivity index (χ0) is 14.6. The number of rotatable bonds is 4. The van der Waals surface area contributed by atoms with E-state index in [0.29, 0.717) is 5.56 Å². The summed E-state index contributed by atoms with van der Waals surface area (Å²) in [7, 11) is 0. The van der Waals surface area contributed by atoms with Crippen molar-refractivity contribution < 1.29 is 14.7 Å². The van der Waals surface area contributed by atoms with Crippen molar-refractivity contribution in [1.29, 1.82) is 0 Å². The van der Waals surface area contributed by atoms with Gasteiger partial charge < -0.3 is 16.2 Å². The average Bonchev–Trinajstić information content (AvgIpc) is 2.34. The van der Waals surface area contributed by atoms with Crippen LogP contribution in [0.5, 0.6) is 0 Å². The molecule has 2 amide bonds. The van der Waals surface area contributed by atoms with Crippen LogP contribution in [0.1, 0.15) is 36.7 Å². The van der Waals surface area contributed by atoms with Gasteiger partial charge in [-0.2, -0.15) is 0 Å². The first kappa shape index (κ1) is 15.2. The van der Waals surface area contributed by atoms with Gasteiger partial charge in [-0.3, -0.25) is 9.59 Å². The van der Waals surface area contributed by atoms with Crippen molar-refractivity contribution in [3.63, 3.8) is 0 Å². The number of nitrogens with two attached hydrogens (primary N) is 1. The molecule has 5 nitrogen and oxygen atoms in total. The molecule has 0 aliphatic heterocycles. The number of carbonyl (C=O) groups is 2. The first-order valence-electron chi connectivity index (χ1n) is 6.08. The van der Waals surface area contributed by atoms with Crippen molar-refractivity contribution in [3.05, 3.63) is 35.4 Å². The SMILES string of the molecule is CC(C)(C)c1ccc(C(=O)NCC(O)C(N)=O)cc1. The summed E-state index contributed by atoms with van der Waals surface area (Å²) in [4.78, 5) is 22.4. The molecule has 0 radical (unpaired) electrons. The van der Waals surface area contributed by atoms with Gasteiger partial charge in [-0.25, -0.2) is 0 Å². The van der Waals surface area contributed by atoms with Gasteiger partial charge in [0.15, 0.2) is 0 Å². The van der Waals surface area contributed by atoms with Crippen LogP contribution >= 0.6 is 0 Å². The lowest BCUT2D eigenvalue weighted by molar-refractivity contribution is -0.125. The number of aliphatic hydroxyl groups excluding tert-OH is 1. The van der Waals surface area contributed by atoms with Crippen molar-refractivity contribution in [2.75, 3.05) is 6.54 Å². The number of primary amides is 1. The third kappa shape index (κ3) is 4.37. The lowest BCUT2D eigenvalue weighted by Crippen LogP contribution is -2.39. The Morgan fingerprint density at radius 1 is 1.26 bits per heavy atom. The minimum atomic E-state index is -1.36. The molecule has 0 aliphatic carbocycles. The Kier molecular flexibility index (Phi) is 4.67. The molecule has 0 aromatic heterocycles. The second-order valence-electron chi connectivity index (χ2n) is 5.46. The first-order chi connectivity index (χ1) is 8.71. The molecule has 4 N–H and O–H groups in total. The molecule has 104 valence electrons. The highest BCUT2D eigenvalue weighted by Gasteiger charge is 2.15. The van der Waals surface area contributed by atoms with Gasteiger partial charge in [-0.05, 0) is 23.1 Å². The van der Waals surface area contributed by atoms with E-state index in [9.17, 15) is 14.7 Å². The third-order valence-electron chi connectivity index (χ3n) is 2.80. The summed E-state index contributed by atoms with van der Waals surface area (Å²) >= 11 is 0. The van der Waals surface area contributed by atoms with E-state index in [1.165, 1.54) is 0 Å². The molecule has 1 unspecified atom stereocenters. The molecular formula is C14H20N2O3. The fourth-order valence-electron chi connectivity index (χ4n) is 1.51. The molecule has 19 heavy (non-hydrogen) atoms. The molecule has 0 bridgehead atoms. The predicted molar refractivity (Wildman–Crippen MR) is 72.7 cm³/mol. The van der Waals surface area contributed by atoms with Crippen molar-refractivity contribution in [3.8, 4) is 0 Å². The Bertz CT molecular complexity index is 461. The molecule has 0 fully saturated rings. The quantitative estimate of drug-likeness (QED) is 0.742. The normalized spacial score (nSPS) is 12.8. The molecule has 0 aliphatic rings. The van der Waals surface area contributed by atoms with E-state index >= 15 is 0 Å². The highest BCUT2D eigenvalue weighted by Crippen LogP contribution is 2.22. The largest absolute Gasteiger partial charge is 0.381 e. The van der Waals surface area contributed by atoms with Gasteiger partial charge in [0.05, 0.1) is 6.54 Å². The van der Waals surface area contributed by atoms with Crippen molar-refractivity contribution in [2.24, 2.45) is 5.73 Å². The Balaban J connectivity index is 2.66. The number of aliphatic hydroxyl groups is 1. The number of carbonyl (C=O) groups excluding carboxylic acids is 2. The Hall–Kier alpha value is -1.88. The third-order valence-corrected chi connectivity index (χ3v) is 2.80. The predicted octanol–water partition coefficient (Wildman–Crippen LogP) is 0.560. The van der Waals surface area contributed by atoms with Crippen LogP contribution in [0.15, 0.2) is 24.3 Å². The number of benzene rings is 1. The molecular weight excluding hydrogens is 244 g/mol. The number of hydrogen-bond donors (Lipinski definition) is 3. The van der Waals surface area contributed by atoms with Crippen LogP contribution in [0.4, 0.5) is 0 Å². The van der Waals surface area contributed by atoms with Crippen LogP contribution in [-0.2, 0) is 10.2 Å². The lowest BCUT2D eigenvalue weighted by atomic mass is 9.87. The van der Waals surface area contributed by atoms with E-state index in [0.717, 1.165) is 5.56 Å². The van der Waals surface area contributed by atoms with E-state index in [1.807, 2.05) is 12.1 Å². The van der Waals surface area contributed by atoms with Crippen LogP contribution in [0.25, 0.3) is 0 Å². The smallest absolute Gasteiger partial charge is 0.251 e. The molecule has 1 atom stereocenters. The van der Waals surface area contributed by atoms with E-state index in [2.05, 4.69) is 26.1 Å². The first-order valence-corrected chi connectivity index (χ1v) is 6.08. The van der Waals surface area contributed by atoms with Gasteiger partial charge in [0.1, 0.15) is 6.10 Å². The van der Waals surface area contributed by atoms with Crippen LogP contribution in [-0.4, -0.2) is 29.6 Å². The Morgan fingerprint density at radius 3 is 2.21 bits per heavy atom. The Morgan fingerprint density at radius 2 is 1.79 bits per heavy atom. The molecule has 0 heterocycles. The minimum absolute atomic E-state index is 0.0250. The molecule has 1 rings (SSSR count). The van der Waals surface area contributed by atoms with Gasteiger partial charge in [-0.15, -0.1) is 0 Å². The lowest BCUT2D eigenvalue weighted by Gasteiger charge is -2.19. The molecule has 5 heteroatoms. The summed E-state index contributed by atoms with van der Waals surface area (Å²) in [6, 6.07) is 7.21. The molecule has 1 aromatic rings. The minimum Gasteiger partial charge on any atom is -0.381 e. The van der Waals surface area contributed by atoms with Crippen LogP contribution in [0.3, 0.4) is 0 Å². The van der Waals surface area contributed by atoms with Gasteiger partial charge in [-0.1, -0.05) is 32.9 Å². The fraction of sp³-hybridized carbons (Fsp3) is 0.429. The average molecular weight is 264 g/mol. The highest BCUT2D eigenvalue weighted by atomic mass is 16.3. The fourth-order valence-corrected chi connectivity index (χ4v) is 1.51. The second kappa shape index (κ2) is 5.84. The van der Waals surface area contributed by atoms with Gasteiger partial charge in [0, 0.05) is 5.56 Å². The molecule has 1 aromatic carbocycles. The molecule has 0 spiro atoms. The summed E-state index contributed by atoms with van der Waals surface area (Å²) in [6.45, 7) is 6.08. The zero-order valence-corrected chi connectivity index (χ0v) is 11.4. The van der Waals surface area contributed by atoms with Crippen molar-refractivity contribution in [2.45, 2.75) is 32.3 Å². The van der Waals surface area contributed by atoms with Crippen LogP contribution in [0.2, 0.25) is 0 Å². The highest BCUT2D eigenvalue weighted by molar-refractivity contribution is 5.94. The van der Waals surface area contributed by atoms with Crippen LogP contribution < -0.4 is 11.1 Å². The van der Waals surface area contributed by atoms with E-state index in [4.69, 9.17) is 5.73 Å². The van der Waals surface area contributed by atoms with E-state index in [1.54, 1.807) is 12.1 Å². The summed E-state index contributed by atoms with van der Waals surface area (Å²) < 4.78 is 0.